The topological polar surface area (TPSA) is 95.5 Å². The number of nitrogens with one attached hydrogen (secondary N) is 2. The molecule has 2 saturated carbocycles. The first-order valence-electron chi connectivity index (χ1n) is 7.31. The standard InChI is InChI=1S/C14H22N2O4/c1-8(15-13(18)9-4-2-3-5-9)12(17)16-11-6-10(7-11)14(19)20/h8-11H,2-7H2,1H3,(H,15,18)(H,16,17)(H,19,20). The molecule has 3 N–H and O–H groups in total. The molecule has 2 aliphatic rings. The third kappa shape index (κ3) is 3.49. The van der Waals surface area contributed by atoms with Crippen LogP contribution in [0.1, 0.15) is 45.4 Å². The van der Waals surface area contributed by atoms with E-state index in [9.17, 15) is 14.4 Å². The molecule has 0 saturated heterocycles. The highest BCUT2D eigenvalue weighted by atomic mass is 16.4. The zero-order valence-corrected chi connectivity index (χ0v) is 11.7. The summed E-state index contributed by atoms with van der Waals surface area (Å²) in [5.74, 6) is -1.38. The molecule has 0 radical (unpaired) electrons. The van der Waals surface area contributed by atoms with Crippen LogP contribution < -0.4 is 10.6 Å². The quantitative estimate of drug-likeness (QED) is 0.690. The fraction of sp³-hybridized carbons (Fsp3) is 0.786. The van der Waals surface area contributed by atoms with Crippen molar-refractivity contribution < 1.29 is 19.5 Å². The van der Waals surface area contributed by atoms with Crippen LogP contribution >= 0.6 is 0 Å². The second kappa shape index (κ2) is 6.24. The molecule has 0 bridgehead atoms. The summed E-state index contributed by atoms with van der Waals surface area (Å²) < 4.78 is 0. The summed E-state index contributed by atoms with van der Waals surface area (Å²) in [6, 6.07) is -0.638. The molecule has 0 heterocycles. The molecular weight excluding hydrogens is 260 g/mol. The van der Waals surface area contributed by atoms with Crippen LogP contribution in [0.2, 0.25) is 0 Å². The van der Waals surface area contributed by atoms with Crippen molar-refractivity contribution in [1.82, 2.24) is 10.6 Å². The molecule has 6 heteroatoms. The first kappa shape index (κ1) is 14.8. The summed E-state index contributed by atoms with van der Waals surface area (Å²) >= 11 is 0. The Morgan fingerprint density at radius 1 is 1.10 bits per heavy atom. The molecule has 1 atom stereocenters. The van der Waals surface area contributed by atoms with E-state index in [0.29, 0.717) is 12.8 Å². The number of hydrogen-bond donors (Lipinski definition) is 3. The summed E-state index contributed by atoms with van der Waals surface area (Å²) in [5.41, 5.74) is 0. The lowest BCUT2D eigenvalue weighted by atomic mass is 9.80. The van der Waals surface area contributed by atoms with Gasteiger partial charge in [0.05, 0.1) is 5.92 Å². The van der Waals surface area contributed by atoms with E-state index in [0.717, 1.165) is 25.7 Å². The highest BCUT2D eigenvalue weighted by Gasteiger charge is 2.36. The highest BCUT2D eigenvalue weighted by Crippen LogP contribution is 2.27. The highest BCUT2D eigenvalue weighted by molar-refractivity contribution is 5.88. The normalized spacial score (nSPS) is 27.4. The first-order chi connectivity index (χ1) is 9.47. The molecule has 1 unspecified atom stereocenters. The minimum absolute atomic E-state index is 0.0397. The molecule has 0 spiro atoms. The van der Waals surface area contributed by atoms with Gasteiger partial charge >= 0.3 is 5.97 Å². The van der Waals surface area contributed by atoms with E-state index >= 15 is 0 Å². The number of aliphatic carboxylic acids is 1. The maximum Gasteiger partial charge on any atom is 0.306 e. The summed E-state index contributed by atoms with van der Waals surface area (Å²) in [4.78, 5) is 34.5. The van der Waals surface area contributed by atoms with Crippen molar-refractivity contribution in [2.75, 3.05) is 0 Å². The number of hydrogen-bond acceptors (Lipinski definition) is 3. The minimum atomic E-state index is -0.807. The van der Waals surface area contributed by atoms with Gasteiger partial charge in [0.1, 0.15) is 6.04 Å². The Labute approximate surface area is 118 Å². The molecule has 2 fully saturated rings. The molecule has 2 aliphatic carbocycles. The van der Waals surface area contributed by atoms with Crippen LogP contribution in [-0.4, -0.2) is 35.0 Å². The van der Waals surface area contributed by atoms with Crippen molar-refractivity contribution in [3.05, 3.63) is 0 Å². The lowest BCUT2D eigenvalue weighted by Gasteiger charge is -2.33. The van der Waals surface area contributed by atoms with Crippen molar-refractivity contribution in [3.8, 4) is 0 Å². The zero-order chi connectivity index (χ0) is 14.7. The third-order valence-electron chi connectivity index (χ3n) is 4.31. The van der Waals surface area contributed by atoms with Crippen LogP contribution in [-0.2, 0) is 14.4 Å². The van der Waals surface area contributed by atoms with E-state index in [-0.39, 0.29) is 29.7 Å². The van der Waals surface area contributed by atoms with Gasteiger partial charge in [0.2, 0.25) is 11.8 Å². The number of carbonyl (C=O) groups is 3. The summed E-state index contributed by atoms with van der Waals surface area (Å²) in [6.07, 6.45) is 4.93. The molecular formula is C14H22N2O4. The summed E-state index contributed by atoms with van der Waals surface area (Å²) in [5, 5.41) is 14.3. The van der Waals surface area contributed by atoms with Gasteiger partial charge in [-0.2, -0.15) is 0 Å². The van der Waals surface area contributed by atoms with E-state index in [1.54, 1.807) is 6.92 Å². The Morgan fingerprint density at radius 3 is 2.25 bits per heavy atom. The number of carboxylic acid groups (broad SMARTS) is 1. The van der Waals surface area contributed by atoms with Gasteiger partial charge in [-0.05, 0) is 32.6 Å². The Morgan fingerprint density at radius 2 is 1.70 bits per heavy atom. The molecule has 2 amide bonds. The Balaban J connectivity index is 1.70. The smallest absolute Gasteiger partial charge is 0.306 e. The van der Waals surface area contributed by atoms with E-state index in [1.165, 1.54) is 0 Å². The van der Waals surface area contributed by atoms with Crippen LogP contribution in [0.15, 0.2) is 0 Å². The average Bonchev–Trinajstić information content (AvgIpc) is 2.85. The van der Waals surface area contributed by atoms with Crippen molar-refractivity contribution in [1.29, 1.82) is 0 Å². The predicted octanol–water partition coefficient (Wildman–Crippen LogP) is 0.661. The number of amides is 2. The molecule has 0 aliphatic heterocycles. The fourth-order valence-electron chi connectivity index (χ4n) is 2.85. The van der Waals surface area contributed by atoms with Gasteiger partial charge in [-0.3, -0.25) is 14.4 Å². The lowest BCUT2D eigenvalue weighted by molar-refractivity contribution is -0.146. The molecule has 0 aromatic rings. The molecule has 112 valence electrons. The van der Waals surface area contributed by atoms with Gasteiger partial charge in [0.15, 0.2) is 0 Å². The van der Waals surface area contributed by atoms with Gasteiger partial charge in [-0.1, -0.05) is 12.8 Å². The second-order valence-electron chi connectivity index (χ2n) is 5.92. The molecule has 0 aromatic heterocycles. The van der Waals surface area contributed by atoms with E-state index in [1.807, 2.05) is 0 Å². The average molecular weight is 282 g/mol. The SMILES string of the molecule is CC(NC(=O)C1CCCC1)C(=O)NC1CC(C(=O)O)C1. The van der Waals surface area contributed by atoms with E-state index in [4.69, 9.17) is 5.11 Å². The Bertz CT molecular complexity index is 398. The van der Waals surface area contributed by atoms with Gasteiger partial charge in [-0.15, -0.1) is 0 Å². The van der Waals surface area contributed by atoms with Crippen LogP contribution in [0.4, 0.5) is 0 Å². The van der Waals surface area contributed by atoms with Crippen LogP contribution in [0.5, 0.6) is 0 Å². The number of carbonyl (C=O) groups excluding carboxylic acids is 2. The first-order valence-corrected chi connectivity index (χ1v) is 7.31. The van der Waals surface area contributed by atoms with Crippen molar-refractivity contribution in [2.45, 2.75) is 57.5 Å². The predicted molar refractivity (Wildman–Crippen MR) is 71.9 cm³/mol. The van der Waals surface area contributed by atoms with Gasteiger partial charge < -0.3 is 15.7 Å². The van der Waals surface area contributed by atoms with Crippen LogP contribution in [0.3, 0.4) is 0 Å². The van der Waals surface area contributed by atoms with E-state index < -0.39 is 12.0 Å². The minimum Gasteiger partial charge on any atom is -0.481 e. The van der Waals surface area contributed by atoms with Crippen LogP contribution in [0, 0.1) is 11.8 Å². The van der Waals surface area contributed by atoms with Gasteiger partial charge in [0, 0.05) is 12.0 Å². The fourth-order valence-corrected chi connectivity index (χ4v) is 2.85. The van der Waals surface area contributed by atoms with E-state index in [2.05, 4.69) is 10.6 Å². The Hall–Kier alpha value is -1.59. The van der Waals surface area contributed by atoms with Crippen LogP contribution in [0.25, 0.3) is 0 Å². The number of carboxylic acids is 1. The van der Waals surface area contributed by atoms with Crippen molar-refractivity contribution in [3.63, 3.8) is 0 Å². The molecule has 2 rings (SSSR count). The molecule has 20 heavy (non-hydrogen) atoms. The Kier molecular flexibility index (Phi) is 4.62. The molecule has 0 aromatic carbocycles. The van der Waals surface area contributed by atoms with Crippen molar-refractivity contribution in [2.24, 2.45) is 11.8 Å². The lowest BCUT2D eigenvalue weighted by Crippen LogP contribution is -2.53. The molecule has 6 nitrogen and oxygen atoms in total. The maximum atomic E-state index is 11.9. The van der Waals surface area contributed by atoms with Gasteiger partial charge in [-0.25, -0.2) is 0 Å². The largest absolute Gasteiger partial charge is 0.481 e. The third-order valence-corrected chi connectivity index (χ3v) is 4.31. The second-order valence-corrected chi connectivity index (χ2v) is 5.92. The monoisotopic (exact) mass is 282 g/mol. The van der Waals surface area contributed by atoms with Gasteiger partial charge in [0.25, 0.3) is 0 Å². The summed E-state index contributed by atoms with van der Waals surface area (Å²) in [7, 11) is 0. The summed E-state index contributed by atoms with van der Waals surface area (Å²) in [6.45, 7) is 1.66. The number of rotatable bonds is 5. The zero-order valence-electron chi connectivity index (χ0n) is 11.7. The van der Waals surface area contributed by atoms with Crippen molar-refractivity contribution >= 4 is 17.8 Å². The maximum absolute atomic E-state index is 11.9.